The fourth-order valence-corrected chi connectivity index (χ4v) is 1.94. The first-order valence-electron chi connectivity index (χ1n) is 6.11. The number of carbonyl (C=O) groups excluding carboxylic acids is 1. The predicted octanol–water partition coefficient (Wildman–Crippen LogP) is 0.981. The van der Waals surface area contributed by atoms with Crippen molar-refractivity contribution >= 4 is 5.91 Å². The normalized spacial score (nSPS) is 11.9. The van der Waals surface area contributed by atoms with Crippen molar-refractivity contribution in [2.75, 3.05) is 19.7 Å². The fourth-order valence-electron chi connectivity index (χ4n) is 1.94. The summed E-state index contributed by atoms with van der Waals surface area (Å²) in [5, 5.41) is 8.99. The van der Waals surface area contributed by atoms with Crippen molar-refractivity contribution in [3.05, 3.63) is 0 Å². The van der Waals surface area contributed by atoms with Gasteiger partial charge in [0.2, 0.25) is 5.91 Å². The lowest BCUT2D eigenvalue weighted by Crippen LogP contribution is -2.50. The van der Waals surface area contributed by atoms with Gasteiger partial charge in [-0.1, -0.05) is 13.8 Å². The van der Waals surface area contributed by atoms with Crippen molar-refractivity contribution in [2.45, 2.75) is 46.6 Å². The summed E-state index contributed by atoms with van der Waals surface area (Å²) in [7, 11) is 0. The van der Waals surface area contributed by atoms with Gasteiger partial charge in [0.25, 0.3) is 0 Å². The van der Waals surface area contributed by atoms with Gasteiger partial charge in [0.15, 0.2) is 0 Å². The molecule has 0 aliphatic heterocycles. The Kier molecular flexibility index (Phi) is 6.60. The topological polar surface area (TPSA) is 66.6 Å². The smallest absolute Gasteiger partial charge is 0.230 e. The molecule has 0 rings (SSSR count). The zero-order chi connectivity index (χ0) is 12.8. The number of hydrogen-bond donors (Lipinski definition) is 2. The second-order valence-electron chi connectivity index (χ2n) is 4.51. The molecule has 96 valence electrons. The minimum Gasteiger partial charge on any atom is -0.395 e. The molecule has 0 aromatic carbocycles. The molecule has 0 unspecified atom stereocenters. The summed E-state index contributed by atoms with van der Waals surface area (Å²) in [4.78, 5) is 14.1. The average molecular weight is 230 g/mol. The third-order valence-corrected chi connectivity index (χ3v) is 3.42. The van der Waals surface area contributed by atoms with E-state index in [4.69, 9.17) is 10.8 Å². The van der Waals surface area contributed by atoms with Crippen LogP contribution in [0.15, 0.2) is 0 Å². The monoisotopic (exact) mass is 230 g/mol. The highest BCUT2D eigenvalue weighted by Crippen LogP contribution is 2.28. The lowest BCUT2D eigenvalue weighted by atomic mass is 9.80. The fraction of sp³-hybridized carbons (Fsp3) is 0.917. The molecular formula is C12H26N2O2. The Morgan fingerprint density at radius 1 is 1.38 bits per heavy atom. The molecular weight excluding hydrogens is 204 g/mol. The third kappa shape index (κ3) is 3.19. The van der Waals surface area contributed by atoms with Gasteiger partial charge in [-0.05, 0) is 26.7 Å². The maximum Gasteiger partial charge on any atom is 0.230 e. The summed E-state index contributed by atoms with van der Waals surface area (Å²) >= 11 is 0. The van der Waals surface area contributed by atoms with E-state index in [1.54, 1.807) is 4.90 Å². The Bertz CT molecular complexity index is 205. The minimum absolute atomic E-state index is 0.00198. The number of nitrogens with two attached hydrogens (primary N) is 1. The van der Waals surface area contributed by atoms with Crippen molar-refractivity contribution < 1.29 is 9.90 Å². The van der Waals surface area contributed by atoms with Gasteiger partial charge in [-0.25, -0.2) is 0 Å². The van der Waals surface area contributed by atoms with E-state index in [1.165, 1.54) is 0 Å². The standard InChI is InChI=1S/C12H26N2O2/c1-5-12(6-2,9-13)11(16)14(7-8-15)10(3)4/h10,15H,5-9,13H2,1-4H3. The zero-order valence-corrected chi connectivity index (χ0v) is 11.0. The molecule has 0 heterocycles. The summed E-state index contributed by atoms with van der Waals surface area (Å²) in [6, 6.07) is 0.101. The molecule has 0 fully saturated rings. The third-order valence-electron chi connectivity index (χ3n) is 3.42. The summed E-state index contributed by atoms with van der Waals surface area (Å²) < 4.78 is 0. The average Bonchev–Trinajstić information content (AvgIpc) is 2.28. The van der Waals surface area contributed by atoms with Crippen LogP contribution in [0.4, 0.5) is 0 Å². The molecule has 0 atom stereocenters. The van der Waals surface area contributed by atoms with E-state index in [0.29, 0.717) is 13.1 Å². The lowest BCUT2D eigenvalue weighted by Gasteiger charge is -2.37. The molecule has 4 heteroatoms. The highest BCUT2D eigenvalue weighted by atomic mass is 16.3. The summed E-state index contributed by atoms with van der Waals surface area (Å²) in [5.74, 6) is 0.0732. The van der Waals surface area contributed by atoms with Crippen LogP contribution in [0.3, 0.4) is 0 Å². The van der Waals surface area contributed by atoms with Crippen LogP contribution in [0.2, 0.25) is 0 Å². The Balaban J connectivity index is 4.94. The van der Waals surface area contributed by atoms with Gasteiger partial charge in [0.05, 0.1) is 12.0 Å². The molecule has 1 amide bonds. The molecule has 0 bridgehead atoms. The number of hydrogen-bond acceptors (Lipinski definition) is 3. The van der Waals surface area contributed by atoms with Crippen molar-refractivity contribution in [3.8, 4) is 0 Å². The van der Waals surface area contributed by atoms with Crippen molar-refractivity contribution in [2.24, 2.45) is 11.1 Å². The van der Waals surface area contributed by atoms with E-state index >= 15 is 0 Å². The maximum atomic E-state index is 12.4. The summed E-state index contributed by atoms with van der Waals surface area (Å²) in [5.41, 5.74) is 5.29. The van der Waals surface area contributed by atoms with Gasteiger partial charge in [-0.3, -0.25) is 4.79 Å². The van der Waals surface area contributed by atoms with Crippen LogP contribution in [0, 0.1) is 5.41 Å². The summed E-state index contributed by atoms with van der Waals surface area (Å²) in [6.07, 6.45) is 1.49. The van der Waals surface area contributed by atoms with Gasteiger partial charge in [0.1, 0.15) is 0 Å². The van der Waals surface area contributed by atoms with E-state index in [0.717, 1.165) is 12.8 Å². The molecule has 0 aliphatic rings. The maximum absolute atomic E-state index is 12.4. The van der Waals surface area contributed by atoms with Gasteiger partial charge in [-0.15, -0.1) is 0 Å². The van der Waals surface area contributed by atoms with Gasteiger partial charge < -0.3 is 15.7 Å². The number of aliphatic hydroxyl groups excluding tert-OH is 1. The highest BCUT2D eigenvalue weighted by molar-refractivity contribution is 5.83. The second-order valence-corrected chi connectivity index (χ2v) is 4.51. The van der Waals surface area contributed by atoms with Crippen LogP contribution in [0.1, 0.15) is 40.5 Å². The molecule has 3 N–H and O–H groups in total. The molecule has 0 saturated heterocycles. The Morgan fingerprint density at radius 2 is 1.88 bits per heavy atom. The van der Waals surface area contributed by atoms with Crippen LogP contribution in [0.5, 0.6) is 0 Å². The molecule has 0 aliphatic carbocycles. The number of carbonyl (C=O) groups is 1. The molecule has 0 aromatic rings. The molecule has 4 nitrogen and oxygen atoms in total. The first kappa shape index (κ1) is 15.4. The van der Waals surface area contributed by atoms with E-state index in [1.807, 2.05) is 27.7 Å². The van der Waals surface area contributed by atoms with Crippen molar-refractivity contribution in [1.82, 2.24) is 4.90 Å². The number of amides is 1. The molecule has 0 aromatic heterocycles. The van der Waals surface area contributed by atoms with Gasteiger partial charge in [-0.2, -0.15) is 0 Å². The molecule has 0 saturated carbocycles. The predicted molar refractivity (Wildman–Crippen MR) is 66.0 cm³/mol. The van der Waals surface area contributed by atoms with Gasteiger partial charge >= 0.3 is 0 Å². The molecule has 0 radical (unpaired) electrons. The first-order chi connectivity index (χ1) is 7.48. The molecule has 16 heavy (non-hydrogen) atoms. The van der Waals surface area contributed by atoms with Crippen LogP contribution >= 0.6 is 0 Å². The van der Waals surface area contributed by atoms with E-state index in [2.05, 4.69) is 0 Å². The van der Waals surface area contributed by atoms with Crippen molar-refractivity contribution in [3.63, 3.8) is 0 Å². The SMILES string of the molecule is CCC(CC)(CN)C(=O)N(CCO)C(C)C. The Hall–Kier alpha value is -0.610. The van der Waals surface area contributed by atoms with E-state index in [-0.39, 0.29) is 18.6 Å². The van der Waals surface area contributed by atoms with Gasteiger partial charge in [0, 0.05) is 19.1 Å². The van der Waals surface area contributed by atoms with E-state index in [9.17, 15) is 4.79 Å². The Labute approximate surface area is 98.8 Å². The number of aliphatic hydroxyl groups is 1. The summed E-state index contributed by atoms with van der Waals surface area (Å²) in [6.45, 7) is 8.65. The van der Waals surface area contributed by atoms with Crippen LogP contribution in [-0.4, -0.2) is 41.7 Å². The number of nitrogens with zero attached hydrogens (tertiary/aromatic N) is 1. The first-order valence-corrected chi connectivity index (χ1v) is 6.11. The lowest BCUT2D eigenvalue weighted by molar-refractivity contribution is -0.144. The number of rotatable bonds is 7. The Morgan fingerprint density at radius 3 is 2.12 bits per heavy atom. The van der Waals surface area contributed by atoms with Crippen LogP contribution in [-0.2, 0) is 4.79 Å². The second kappa shape index (κ2) is 6.86. The van der Waals surface area contributed by atoms with E-state index < -0.39 is 5.41 Å². The van der Waals surface area contributed by atoms with Crippen LogP contribution in [0.25, 0.3) is 0 Å². The molecule has 0 spiro atoms. The zero-order valence-electron chi connectivity index (χ0n) is 11.0. The largest absolute Gasteiger partial charge is 0.395 e. The van der Waals surface area contributed by atoms with Crippen molar-refractivity contribution in [1.29, 1.82) is 0 Å². The van der Waals surface area contributed by atoms with Crippen LogP contribution < -0.4 is 5.73 Å². The quantitative estimate of drug-likeness (QED) is 0.685. The minimum atomic E-state index is -0.459. The highest BCUT2D eigenvalue weighted by Gasteiger charge is 2.37.